The molecule has 3 atom stereocenters. The first-order valence-corrected chi connectivity index (χ1v) is 5.40. The molecule has 0 spiro atoms. The standard InChI is InChI=1S/C11H18N2O2/c1-8-10(3-5-15-8)11(13-12)6-9-2-4-14-7-9/h2,4,7-8,10-11,13H,3,5-6,12H2,1H3. The van der Waals surface area contributed by atoms with Crippen molar-refractivity contribution >= 4 is 0 Å². The molecule has 3 unspecified atom stereocenters. The molecule has 0 saturated carbocycles. The van der Waals surface area contributed by atoms with Gasteiger partial charge < -0.3 is 9.15 Å². The summed E-state index contributed by atoms with van der Waals surface area (Å²) in [5, 5.41) is 0. The molecule has 1 aromatic rings. The molecule has 0 bridgehead atoms. The molecular formula is C11H18N2O2. The van der Waals surface area contributed by atoms with Gasteiger partial charge in [-0.05, 0) is 31.4 Å². The minimum atomic E-state index is 0.264. The second-order valence-electron chi connectivity index (χ2n) is 4.14. The van der Waals surface area contributed by atoms with Crippen LogP contribution in [0.2, 0.25) is 0 Å². The second kappa shape index (κ2) is 4.79. The smallest absolute Gasteiger partial charge is 0.0935 e. The summed E-state index contributed by atoms with van der Waals surface area (Å²) < 4.78 is 10.6. The summed E-state index contributed by atoms with van der Waals surface area (Å²) in [7, 11) is 0. The first kappa shape index (κ1) is 10.7. The van der Waals surface area contributed by atoms with E-state index in [0.717, 1.165) is 19.4 Å². The Morgan fingerprint density at radius 2 is 2.53 bits per heavy atom. The predicted octanol–water partition coefficient (Wildman–Crippen LogP) is 1.08. The predicted molar refractivity (Wildman–Crippen MR) is 57.0 cm³/mol. The third-order valence-electron chi connectivity index (χ3n) is 3.20. The summed E-state index contributed by atoms with van der Waals surface area (Å²) in [5.41, 5.74) is 4.07. The van der Waals surface area contributed by atoms with Crippen LogP contribution in [-0.2, 0) is 11.2 Å². The van der Waals surface area contributed by atoms with Crippen molar-refractivity contribution in [3.05, 3.63) is 24.2 Å². The van der Waals surface area contributed by atoms with E-state index in [4.69, 9.17) is 15.0 Å². The summed E-state index contributed by atoms with van der Waals surface area (Å²) in [5.74, 6) is 6.09. The summed E-state index contributed by atoms with van der Waals surface area (Å²) in [6.07, 6.45) is 5.72. The number of rotatable bonds is 4. The van der Waals surface area contributed by atoms with Crippen LogP contribution in [0.3, 0.4) is 0 Å². The number of ether oxygens (including phenoxy) is 1. The van der Waals surface area contributed by atoms with Crippen LogP contribution in [0.25, 0.3) is 0 Å². The molecular weight excluding hydrogens is 192 g/mol. The molecule has 4 heteroatoms. The molecule has 2 rings (SSSR count). The van der Waals surface area contributed by atoms with Gasteiger partial charge in [-0.1, -0.05) is 0 Å². The van der Waals surface area contributed by atoms with Gasteiger partial charge in [-0.25, -0.2) is 0 Å². The van der Waals surface area contributed by atoms with E-state index < -0.39 is 0 Å². The quantitative estimate of drug-likeness (QED) is 0.576. The van der Waals surface area contributed by atoms with Crippen LogP contribution < -0.4 is 11.3 Å². The Hall–Kier alpha value is -0.840. The van der Waals surface area contributed by atoms with Gasteiger partial charge in [0, 0.05) is 18.6 Å². The maximum atomic E-state index is 5.60. The van der Waals surface area contributed by atoms with Gasteiger partial charge in [0.15, 0.2) is 0 Å². The van der Waals surface area contributed by atoms with E-state index in [9.17, 15) is 0 Å². The molecule has 0 radical (unpaired) electrons. The summed E-state index contributed by atoms with van der Waals surface area (Å²) in [6.45, 7) is 2.95. The Bertz CT molecular complexity index is 287. The fourth-order valence-electron chi connectivity index (χ4n) is 2.27. The molecule has 1 saturated heterocycles. The van der Waals surface area contributed by atoms with E-state index in [2.05, 4.69) is 12.3 Å². The SMILES string of the molecule is CC1OCCC1C(Cc1ccoc1)NN. The van der Waals surface area contributed by atoms with Crippen molar-refractivity contribution in [2.75, 3.05) is 6.61 Å². The third kappa shape index (κ3) is 2.40. The molecule has 0 aromatic carbocycles. The van der Waals surface area contributed by atoms with E-state index in [-0.39, 0.29) is 12.1 Å². The number of hydrazine groups is 1. The minimum absolute atomic E-state index is 0.264. The van der Waals surface area contributed by atoms with Crippen molar-refractivity contribution in [2.24, 2.45) is 11.8 Å². The number of hydrogen-bond donors (Lipinski definition) is 2. The monoisotopic (exact) mass is 210 g/mol. The Morgan fingerprint density at radius 1 is 1.67 bits per heavy atom. The number of nitrogens with one attached hydrogen (secondary N) is 1. The highest BCUT2D eigenvalue weighted by Crippen LogP contribution is 2.25. The van der Waals surface area contributed by atoms with Crippen molar-refractivity contribution in [3.63, 3.8) is 0 Å². The van der Waals surface area contributed by atoms with Gasteiger partial charge in [0.2, 0.25) is 0 Å². The second-order valence-corrected chi connectivity index (χ2v) is 4.14. The third-order valence-corrected chi connectivity index (χ3v) is 3.20. The Balaban J connectivity index is 1.97. The first-order valence-electron chi connectivity index (χ1n) is 5.40. The highest BCUT2D eigenvalue weighted by Gasteiger charge is 2.31. The molecule has 4 nitrogen and oxygen atoms in total. The minimum Gasteiger partial charge on any atom is -0.472 e. The van der Waals surface area contributed by atoms with Crippen molar-refractivity contribution in [3.8, 4) is 0 Å². The molecule has 15 heavy (non-hydrogen) atoms. The molecule has 2 heterocycles. The Kier molecular flexibility index (Phi) is 3.41. The molecule has 1 aliphatic heterocycles. The average Bonchev–Trinajstić information content (AvgIpc) is 2.85. The van der Waals surface area contributed by atoms with E-state index in [1.54, 1.807) is 12.5 Å². The van der Waals surface area contributed by atoms with Crippen LogP contribution in [0.5, 0.6) is 0 Å². The summed E-state index contributed by atoms with van der Waals surface area (Å²) >= 11 is 0. The normalized spacial score (nSPS) is 28.1. The van der Waals surface area contributed by atoms with Gasteiger partial charge >= 0.3 is 0 Å². The van der Waals surface area contributed by atoms with E-state index in [0.29, 0.717) is 5.92 Å². The fourth-order valence-corrected chi connectivity index (χ4v) is 2.27. The van der Waals surface area contributed by atoms with Crippen LogP contribution in [0.4, 0.5) is 0 Å². The largest absolute Gasteiger partial charge is 0.472 e. The van der Waals surface area contributed by atoms with Crippen molar-refractivity contribution in [2.45, 2.75) is 31.9 Å². The van der Waals surface area contributed by atoms with Gasteiger partial charge in [-0.15, -0.1) is 0 Å². The summed E-state index contributed by atoms with van der Waals surface area (Å²) in [6, 6.07) is 2.24. The molecule has 1 aliphatic rings. The average molecular weight is 210 g/mol. The van der Waals surface area contributed by atoms with E-state index in [1.165, 1.54) is 5.56 Å². The highest BCUT2D eigenvalue weighted by atomic mass is 16.5. The molecule has 0 aliphatic carbocycles. The zero-order valence-electron chi connectivity index (χ0n) is 8.98. The maximum absolute atomic E-state index is 5.60. The van der Waals surface area contributed by atoms with Gasteiger partial charge in [-0.3, -0.25) is 11.3 Å². The maximum Gasteiger partial charge on any atom is 0.0935 e. The van der Waals surface area contributed by atoms with Crippen molar-refractivity contribution < 1.29 is 9.15 Å². The van der Waals surface area contributed by atoms with E-state index >= 15 is 0 Å². The zero-order valence-corrected chi connectivity index (χ0v) is 8.98. The Labute approximate surface area is 89.7 Å². The fraction of sp³-hybridized carbons (Fsp3) is 0.636. The van der Waals surface area contributed by atoms with Crippen LogP contribution in [-0.4, -0.2) is 18.8 Å². The lowest BCUT2D eigenvalue weighted by atomic mass is 9.90. The Morgan fingerprint density at radius 3 is 3.07 bits per heavy atom. The number of nitrogens with two attached hydrogens (primary N) is 1. The van der Waals surface area contributed by atoms with Crippen LogP contribution in [0.1, 0.15) is 18.9 Å². The van der Waals surface area contributed by atoms with Crippen LogP contribution in [0.15, 0.2) is 23.0 Å². The lowest BCUT2D eigenvalue weighted by Crippen LogP contribution is -2.44. The van der Waals surface area contributed by atoms with E-state index in [1.807, 2.05) is 6.07 Å². The molecule has 84 valence electrons. The zero-order chi connectivity index (χ0) is 10.7. The van der Waals surface area contributed by atoms with Crippen LogP contribution >= 0.6 is 0 Å². The topological polar surface area (TPSA) is 60.4 Å². The number of hydrogen-bond acceptors (Lipinski definition) is 4. The number of furan rings is 1. The summed E-state index contributed by atoms with van der Waals surface area (Å²) in [4.78, 5) is 0. The van der Waals surface area contributed by atoms with Crippen LogP contribution in [0, 0.1) is 5.92 Å². The lowest BCUT2D eigenvalue weighted by molar-refractivity contribution is 0.0954. The molecule has 1 aromatic heterocycles. The van der Waals surface area contributed by atoms with Gasteiger partial charge in [0.05, 0.1) is 18.6 Å². The molecule has 0 amide bonds. The van der Waals surface area contributed by atoms with Crippen molar-refractivity contribution in [1.82, 2.24) is 5.43 Å². The molecule has 1 fully saturated rings. The van der Waals surface area contributed by atoms with Gasteiger partial charge in [0.1, 0.15) is 0 Å². The first-order chi connectivity index (χ1) is 7.31. The van der Waals surface area contributed by atoms with Crippen molar-refractivity contribution in [1.29, 1.82) is 0 Å². The highest BCUT2D eigenvalue weighted by molar-refractivity contribution is 5.08. The van der Waals surface area contributed by atoms with Gasteiger partial charge in [-0.2, -0.15) is 0 Å². The lowest BCUT2D eigenvalue weighted by Gasteiger charge is -2.24. The van der Waals surface area contributed by atoms with Gasteiger partial charge in [0.25, 0.3) is 0 Å². The molecule has 3 N–H and O–H groups in total.